The molecular weight excluding hydrogens is 430 g/mol. The van der Waals surface area contributed by atoms with Crippen LogP contribution in [0.25, 0.3) is 0 Å². The van der Waals surface area contributed by atoms with Gasteiger partial charge in [0.25, 0.3) is 5.91 Å². The van der Waals surface area contributed by atoms with E-state index >= 15 is 0 Å². The van der Waals surface area contributed by atoms with Gasteiger partial charge in [-0.3, -0.25) is 10.1 Å². The fourth-order valence-electron chi connectivity index (χ4n) is 2.86. The monoisotopic (exact) mass is 455 g/mol. The molecule has 2 aromatic rings. The molecule has 0 bridgehead atoms. The van der Waals surface area contributed by atoms with Crippen molar-refractivity contribution in [2.24, 2.45) is 0 Å². The standard InChI is InChI=1S/C18H25N5O3S3/c1-12(2)27-18-21-20-17(28-18)19-16(24)15-11-14(6-5-13(15)3)29(25,26)23-9-7-22(4)8-10-23/h5-6,11-12H,7-10H2,1-4H3,(H,19,20,24). The fraction of sp³-hybridized carbons (Fsp3) is 0.500. The normalized spacial score (nSPS) is 16.3. The number of nitrogens with zero attached hydrogens (tertiary/aromatic N) is 4. The first-order valence-electron chi connectivity index (χ1n) is 9.27. The second-order valence-corrected chi connectivity index (χ2v) is 11.9. The summed E-state index contributed by atoms with van der Waals surface area (Å²) < 4.78 is 28.2. The van der Waals surface area contributed by atoms with E-state index in [1.54, 1.807) is 30.8 Å². The van der Waals surface area contributed by atoms with Gasteiger partial charge in [-0.25, -0.2) is 8.42 Å². The van der Waals surface area contributed by atoms with E-state index in [4.69, 9.17) is 0 Å². The minimum atomic E-state index is -3.64. The van der Waals surface area contributed by atoms with Gasteiger partial charge in [0.1, 0.15) is 0 Å². The highest BCUT2D eigenvalue weighted by Crippen LogP contribution is 2.29. The Kier molecular flexibility index (Phi) is 6.94. The maximum absolute atomic E-state index is 13.0. The molecule has 1 fully saturated rings. The molecule has 1 saturated heterocycles. The van der Waals surface area contributed by atoms with Gasteiger partial charge in [0.05, 0.1) is 4.90 Å². The van der Waals surface area contributed by atoms with Crippen molar-refractivity contribution in [3.05, 3.63) is 29.3 Å². The summed E-state index contributed by atoms with van der Waals surface area (Å²) >= 11 is 2.87. The van der Waals surface area contributed by atoms with Crippen LogP contribution in [0.1, 0.15) is 29.8 Å². The molecule has 0 unspecified atom stereocenters. The van der Waals surface area contributed by atoms with Crippen LogP contribution in [-0.2, 0) is 10.0 Å². The highest BCUT2D eigenvalue weighted by Gasteiger charge is 2.28. The van der Waals surface area contributed by atoms with E-state index in [2.05, 4.69) is 34.3 Å². The molecule has 3 rings (SSSR count). The summed E-state index contributed by atoms with van der Waals surface area (Å²) in [7, 11) is -1.67. The average molecular weight is 456 g/mol. The minimum Gasteiger partial charge on any atom is -0.304 e. The lowest BCUT2D eigenvalue weighted by atomic mass is 10.1. The van der Waals surface area contributed by atoms with Crippen LogP contribution >= 0.6 is 23.1 Å². The highest BCUT2D eigenvalue weighted by atomic mass is 32.2. The zero-order chi connectivity index (χ0) is 21.2. The lowest BCUT2D eigenvalue weighted by molar-refractivity contribution is 0.102. The number of aryl methyl sites for hydroxylation is 1. The number of anilines is 1. The Labute approximate surface area is 179 Å². The quantitative estimate of drug-likeness (QED) is 0.528. The van der Waals surface area contributed by atoms with Gasteiger partial charge in [-0.15, -0.1) is 10.2 Å². The number of amides is 1. The van der Waals surface area contributed by atoms with Crippen LogP contribution in [0, 0.1) is 6.92 Å². The van der Waals surface area contributed by atoms with Crippen molar-refractivity contribution in [1.29, 1.82) is 0 Å². The summed E-state index contributed by atoms with van der Waals surface area (Å²) in [4.78, 5) is 15.0. The zero-order valence-electron chi connectivity index (χ0n) is 16.9. The van der Waals surface area contributed by atoms with E-state index in [9.17, 15) is 13.2 Å². The SMILES string of the molecule is Cc1ccc(S(=O)(=O)N2CCN(C)CC2)cc1C(=O)Nc1nnc(SC(C)C)s1. The molecule has 0 radical (unpaired) electrons. The number of likely N-dealkylation sites (N-methyl/N-ethyl adjacent to an activating group) is 1. The number of sulfonamides is 1. The van der Waals surface area contributed by atoms with E-state index in [0.717, 1.165) is 4.34 Å². The molecule has 0 spiro atoms. The van der Waals surface area contributed by atoms with E-state index in [0.29, 0.717) is 47.7 Å². The first-order valence-corrected chi connectivity index (χ1v) is 12.4. The largest absolute Gasteiger partial charge is 0.304 e. The molecule has 11 heteroatoms. The molecule has 29 heavy (non-hydrogen) atoms. The number of rotatable bonds is 6. The number of hydrogen-bond donors (Lipinski definition) is 1. The third-order valence-corrected chi connectivity index (χ3v) is 8.34. The van der Waals surface area contributed by atoms with Crippen molar-refractivity contribution in [3.63, 3.8) is 0 Å². The molecule has 0 atom stereocenters. The number of thioether (sulfide) groups is 1. The van der Waals surface area contributed by atoms with Crippen LogP contribution in [0.2, 0.25) is 0 Å². The fourth-order valence-corrected chi connectivity index (χ4v) is 6.28. The van der Waals surface area contributed by atoms with E-state index < -0.39 is 15.9 Å². The van der Waals surface area contributed by atoms with Crippen molar-refractivity contribution >= 4 is 44.2 Å². The Hall–Kier alpha value is -1.53. The molecule has 1 aliphatic rings. The smallest absolute Gasteiger partial charge is 0.257 e. The van der Waals surface area contributed by atoms with Crippen molar-refractivity contribution < 1.29 is 13.2 Å². The first kappa shape index (κ1) is 22.2. The maximum atomic E-state index is 13.0. The molecule has 0 aliphatic carbocycles. The van der Waals surface area contributed by atoms with Crippen molar-refractivity contribution in [2.45, 2.75) is 35.3 Å². The molecule has 1 aliphatic heterocycles. The highest BCUT2D eigenvalue weighted by molar-refractivity contribution is 8.01. The summed E-state index contributed by atoms with van der Waals surface area (Å²) in [5, 5.41) is 11.6. The third kappa shape index (κ3) is 5.34. The molecule has 0 saturated carbocycles. The molecule has 8 nitrogen and oxygen atoms in total. The van der Waals surface area contributed by atoms with Gasteiger partial charge in [0.15, 0.2) is 4.34 Å². The van der Waals surface area contributed by atoms with Gasteiger partial charge in [-0.2, -0.15) is 4.31 Å². The van der Waals surface area contributed by atoms with Crippen LogP contribution in [0.5, 0.6) is 0 Å². The average Bonchev–Trinajstić information content (AvgIpc) is 3.08. The summed E-state index contributed by atoms with van der Waals surface area (Å²) in [5.41, 5.74) is 1.01. The van der Waals surface area contributed by atoms with Crippen LogP contribution in [-0.4, -0.2) is 72.2 Å². The lowest BCUT2D eigenvalue weighted by Gasteiger charge is -2.31. The van der Waals surface area contributed by atoms with E-state index in [-0.39, 0.29) is 4.90 Å². The molecule has 1 N–H and O–H groups in total. The number of carbonyl (C=O) groups is 1. The number of carbonyl (C=O) groups excluding carboxylic acids is 1. The molecular formula is C18H25N5O3S3. The molecule has 1 aromatic heterocycles. The molecule has 2 heterocycles. The Bertz CT molecular complexity index is 982. The Morgan fingerprint density at radius 1 is 1.21 bits per heavy atom. The topological polar surface area (TPSA) is 95.5 Å². The van der Waals surface area contributed by atoms with Gasteiger partial charge in [0, 0.05) is 37.0 Å². The summed E-state index contributed by atoms with van der Waals surface area (Å²) in [6.45, 7) is 8.14. The van der Waals surface area contributed by atoms with Gasteiger partial charge in [0.2, 0.25) is 15.2 Å². The van der Waals surface area contributed by atoms with Crippen LogP contribution in [0.3, 0.4) is 0 Å². The number of nitrogens with one attached hydrogen (secondary N) is 1. The summed E-state index contributed by atoms with van der Waals surface area (Å²) in [6.07, 6.45) is 0. The van der Waals surface area contributed by atoms with Crippen LogP contribution < -0.4 is 5.32 Å². The van der Waals surface area contributed by atoms with Crippen molar-refractivity contribution in [2.75, 3.05) is 38.5 Å². The third-order valence-electron chi connectivity index (χ3n) is 4.52. The predicted molar refractivity (Wildman–Crippen MR) is 116 cm³/mol. The molecule has 1 aromatic carbocycles. The van der Waals surface area contributed by atoms with Gasteiger partial charge in [-0.05, 0) is 31.7 Å². The predicted octanol–water partition coefficient (Wildman–Crippen LogP) is 2.54. The summed E-state index contributed by atoms with van der Waals surface area (Å²) in [6, 6.07) is 4.67. The number of aromatic nitrogens is 2. The minimum absolute atomic E-state index is 0.131. The van der Waals surface area contributed by atoms with Gasteiger partial charge in [-0.1, -0.05) is 43.0 Å². The second-order valence-electron chi connectivity index (χ2n) is 7.18. The van der Waals surface area contributed by atoms with Crippen molar-refractivity contribution in [3.8, 4) is 0 Å². The maximum Gasteiger partial charge on any atom is 0.257 e. The van der Waals surface area contributed by atoms with E-state index in [1.165, 1.54) is 21.7 Å². The Morgan fingerprint density at radius 2 is 1.90 bits per heavy atom. The van der Waals surface area contributed by atoms with Crippen LogP contribution in [0.4, 0.5) is 5.13 Å². The number of benzene rings is 1. The molecule has 1 amide bonds. The lowest BCUT2D eigenvalue weighted by Crippen LogP contribution is -2.47. The second kappa shape index (κ2) is 9.09. The Morgan fingerprint density at radius 3 is 2.55 bits per heavy atom. The Balaban J connectivity index is 1.79. The van der Waals surface area contributed by atoms with Crippen molar-refractivity contribution in [1.82, 2.24) is 19.4 Å². The zero-order valence-corrected chi connectivity index (χ0v) is 19.3. The van der Waals surface area contributed by atoms with E-state index in [1.807, 2.05) is 7.05 Å². The van der Waals surface area contributed by atoms with Crippen LogP contribution in [0.15, 0.2) is 27.4 Å². The van der Waals surface area contributed by atoms with Gasteiger partial charge < -0.3 is 4.90 Å². The first-order chi connectivity index (χ1) is 13.7. The van der Waals surface area contributed by atoms with Gasteiger partial charge >= 0.3 is 0 Å². The summed E-state index contributed by atoms with van der Waals surface area (Å²) in [5.74, 6) is -0.393. The number of piperazine rings is 1. The molecule has 158 valence electrons. The number of hydrogen-bond acceptors (Lipinski definition) is 8.